The highest BCUT2D eigenvalue weighted by atomic mass is 16.5. The van der Waals surface area contributed by atoms with Crippen LogP contribution < -0.4 is 0 Å². The molecule has 0 spiro atoms. The Labute approximate surface area is 40.4 Å². The van der Waals surface area contributed by atoms with Crippen LogP contribution in [0.5, 0.6) is 0 Å². The molecular formula is C3H4NO3. The molecular weight excluding hydrogens is 98.0 g/mol. The third-order valence-corrected chi connectivity index (χ3v) is 0.327. The van der Waals surface area contributed by atoms with Gasteiger partial charge in [-0.1, -0.05) is 5.16 Å². The first-order valence-corrected chi connectivity index (χ1v) is 1.49. The van der Waals surface area contributed by atoms with Crippen molar-refractivity contribution in [3.63, 3.8) is 0 Å². The molecule has 1 radical (unpaired) electrons. The van der Waals surface area contributed by atoms with Crippen molar-refractivity contribution in [3.05, 3.63) is 0 Å². The standard InChI is InChI=1S/C3H4NO3/c1-7-3(5)2-4-6/h6H,1H3. The fourth-order valence-electron chi connectivity index (χ4n) is 0.0865. The molecule has 0 heterocycles. The van der Waals surface area contributed by atoms with E-state index in [1.165, 1.54) is 7.11 Å². The van der Waals surface area contributed by atoms with E-state index in [-0.39, 0.29) is 0 Å². The van der Waals surface area contributed by atoms with Gasteiger partial charge in [0.1, 0.15) is 0 Å². The van der Waals surface area contributed by atoms with Crippen LogP contribution in [0.4, 0.5) is 0 Å². The minimum atomic E-state index is -0.789. The normalized spacial score (nSPS) is 9.29. The van der Waals surface area contributed by atoms with E-state index in [1.54, 1.807) is 6.21 Å². The summed E-state index contributed by atoms with van der Waals surface area (Å²) < 4.78 is 3.99. The maximum atomic E-state index is 9.82. The molecule has 1 N–H and O–H groups in total. The van der Waals surface area contributed by atoms with Crippen molar-refractivity contribution >= 4 is 12.2 Å². The first-order valence-electron chi connectivity index (χ1n) is 1.49. The fraction of sp³-hybridized carbons (Fsp3) is 0.333. The van der Waals surface area contributed by atoms with E-state index in [2.05, 4.69) is 9.89 Å². The summed E-state index contributed by atoms with van der Waals surface area (Å²) in [7, 11) is 1.17. The van der Waals surface area contributed by atoms with Gasteiger partial charge in [0.25, 0.3) is 0 Å². The van der Waals surface area contributed by atoms with E-state index in [4.69, 9.17) is 5.21 Å². The Morgan fingerprint density at radius 3 is 2.71 bits per heavy atom. The Morgan fingerprint density at radius 1 is 2.00 bits per heavy atom. The van der Waals surface area contributed by atoms with Gasteiger partial charge in [-0.3, -0.25) is 0 Å². The zero-order valence-corrected chi connectivity index (χ0v) is 3.71. The summed E-state index contributed by atoms with van der Waals surface area (Å²) >= 11 is 0. The summed E-state index contributed by atoms with van der Waals surface area (Å²) in [6, 6.07) is 0. The number of nitrogens with zero attached hydrogens (tertiary/aromatic N) is 1. The smallest absolute Gasteiger partial charge is 0.362 e. The zero-order chi connectivity index (χ0) is 5.70. The lowest BCUT2D eigenvalue weighted by atomic mass is 10.8. The minimum Gasteiger partial charge on any atom is -0.464 e. The van der Waals surface area contributed by atoms with Gasteiger partial charge in [0.15, 0.2) is 0 Å². The topological polar surface area (TPSA) is 58.9 Å². The molecule has 0 aromatic heterocycles. The Kier molecular flexibility index (Phi) is 2.67. The third kappa shape index (κ3) is 2.75. The van der Waals surface area contributed by atoms with Crippen molar-refractivity contribution in [2.45, 2.75) is 0 Å². The lowest BCUT2D eigenvalue weighted by Crippen LogP contribution is -1.99. The molecule has 39 valence electrons. The Morgan fingerprint density at radius 2 is 2.57 bits per heavy atom. The first kappa shape index (κ1) is 5.94. The predicted molar refractivity (Wildman–Crippen MR) is 21.2 cm³/mol. The number of ether oxygens (including phenoxy) is 1. The van der Waals surface area contributed by atoms with Crippen LogP contribution in [0.2, 0.25) is 0 Å². The van der Waals surface area contributed by atoms with Crippen molar-refractivity contribution in [2.75, 3.05) is 7.11 Å². The van der Waals surface area contributed by atoms with Crippen LogP contribution in [0, 0.1) is 0 Å². The van der Waals surface area contributed by atoms with E-state index in [0.717, 1.165) is 0 Å². The Balaban J connectivity index is 3.37. The van der Waals surface area contributed by atoms with Crippen LogP contribution in [0.15, 0.2) is 5.16 Å². The van der Waals surface area contributed by atoms with Gasteiger partial charge in [0.2, 0.25) is 6.21 Å². The lowest BCUT2D eigenvalue weighted by molar-refractivity contribution is -0.132. The summed E-state index contributed by atoms with van der Waals surface area (Å²) in [6.45, 7) is 0. The zero-order valence-electron chi connectivity index (χ0n) is 3.71. The molecule has 0 aliphatic rings. The number of hydrogen-bond donors (Lipinski definition) is 1. The third-order valence-electron chi connectivity index (χ3n) is 0.327. The molecule has 4 nitrogen and oxygen atoms in total. The van der Waals surface area contributed by atoms with Crippen LogP contribution in [0.3, 0.4) is 0 Å². The summed E-state index contributed by atoms with van der Waals surface area (Å²) in [4.78, 5) is 9.82. The number of esters is 1. The Hall–Kier alpha value is -1.06. The van der Waals surface area contributed by atoms with Crippen molar-refractivity contribution in [1.82, 2.24) is 0 Å². The average Bonchev–Trinajstić information content (AvgIpc) is 1.68. The molecule has 0 bridgehead atoms. The minimum absolute atomic E-state index is 0.789. The molecule has 0 atom stereocenters. The average molecular weight is 102 g/mol. The Bertz CT molecular complexity index is 88.2. The van der Waals surface area contributed by atoms with Gasteiger partial charge in [0.05, 0.1) is 7.11 Å². The van der Waals surface area contributed by atoms with Gasteiger partial charge in [0, 0.05) is 0 Å². The summed E-state index contributed by atoms with van der Waals surface area (Å²) in [5.41, 5.74) is 0. The van der Waals surface area contributed by atoms with Gasteiger partial charge >= 0.3 is 5.97 Å². The van der Waals surface area contributed by atoms with Crippen molar-refractivity contribution in [1.29, 1.82) is 0 Å². The molecule has 0 fully saturated rings. The maximum Gasteiger partial charge on any atom is 0.362 e. The second-order valence-electron chi connectivity index (χ2n) is 0.703. The van der Waals surface area contributed by atoms with Crippen LogP contribution >= 0.6 is 0 Å². The second-order valence-corrected chi connectivity index (χ2v) is 0.703. The van der Waals surface area contributed by atoms with Gasteiger partial charge in [-0.15, -0.1) is 0 Å². The van der Waals surface area contributed by atoms with Gasteiger partial charge in [-0.25, -0.2) is 4.79 Å². The van der Waals surface area contributed by atoms with Gasteiger partial charge < -0.3 is 9.94 Å². The van der Waals surface area contributed by atoms with Gasteiger partial charge in [-0.05, 0) is 0 Å². The molecule has 0 unspecified atom stereocenters. The first-order chi connectivity index (χ1) is 3.31. The molecule has 0 rings (SSSR count). The second kappa shape index (κ2) is 3.14. The van der Waals surface area contributed by atoms with Crippen LogP contribution in [-0.2, 0) is 9.53 Å². The molecule has 7 heavy (non-hydrogen) atoms. The summed E-state index contributed by atoms with van der Waals surface area (Å²) in [6.07, 6.45) is 1.61. The van der Waals surface area contributed by atoms with E-state index in [0.29, 0.717) is 0 Å². The highest BCUT2D eigenvalue weighted by molar-refractivity contribution is 6.22. The molecule has 0 amide bonds. The lowest BCUT2D eigenvalue weighted by Gasteiger charge is -1.81. The van der Waals surface area contributed by atoms with Crippen molar-refractivity contribution in [3.8, 4) is 0 Å². The number of methoxy groups -OCH3 is 1. The molecule has 4 heteroatoms. The number of hydrogen-bond acceptors (Lipinski definition) is 4. The van der Waals surface area contributed by atoms with Crippen molar-refractivity contribution < 1.29 is 14.7 Å². The quantitative estimate of drug-likeness (QED) is 0.210. The largest absolute Gasteiger partial charge is 0.464 e. The molecule has 0 saturated heterocycles. The number of rotatable bonds is 1. The SMILES string of the molecule is COC(=O)/[C]=N\O. The van der Waals surface area contributed by atoms with E-state index in [1.807, 2.05) is 0 Å². The van der Waals surface area contributed by atoms with E-state index >= 15 is 0 Å². The predicted octanol–water partition coefficient (Wildman–Crippen LogP) is -0.504. The summed E-state index contributed by atoms with van der Waals surface area (Å²) in [5, 5.41) is 9.86. The molecule has 0 aromatic carbocycles. The van der Waals surface area contributed by atoms with Crippen molar-refractivity contribution in [2.24, 2.45) is 5.16 Å². The van der Waals surface area contributed by atoms with E-state index in [9.17, 15) is 4.79 Å². The number of carbonyl (C=O) groups is 1. The monoisotopic (exact) mass is 102 g/mol. The molecule has 0 saturated carbocycles. The summed E-state index contributed by atoms with van der Waals surface area (Å²) in [5.74, 6) is -0.789. The molecule has 0 aliphatic carbocycles. The fourth-order valence-corrected chi connectivity index (χ4v) is 0.0865. The number of carbonyl (C=O) groups excluding carboxylic acids is 1. The molecule has 0 aromatic rings. The van der Waals surface area contributed by atoms with E-state index < -0.39 is 5.97 Å². The highest BCUT2D eigenvalue weighted by Crippen LogP contribution is 1.62. The van der Waals surface area contributed by atoms with Crippen LogP contribution in [-0.4, -0.2) is 24.5 Å². The highest BCUT2D eigenvalue weighted by Gasteiger charge is 1.90. The maximum absolute atomic E-state index is 9.82. The van der Waals surface area contributed by atoms with Crippen LogP contribution in [0.25, 0.3) is 0 Å². The van der Waals surface area contributed by atoms with Gasteiger partial charge in [-0.2, -0.15) is 0 Å². The molecule has 0 aliphatic heterocycles. The van der Waals surface area contributed by atoms with Crippen LogP contribution in [0.1, 0.15) is 0 Å².